The van der Waals surface area contributed by atoms with Gasteiger partial charge in [-0.3, -0.25) is 9.59 Å². The largest absolute Gasteiger partial charge is 0.384 e. The normalized spacial score (nSPS) is 10.2. The molecule has 0 aliphatic carbocycles. The summed E-state index contributed by atoms with van der Waals surface area (Å²) in [6.07, 6.45) is 0. The van der Waals surface area contributed by atoms with Gasteiger partial charge >= 0.3 is 0 Å². The molecule has 0 heterocycles. The molecule has 0 radical (unpaired) electrons. The lowest BCUT2D eigenvalue weighted by Crippen LogP contribution is -2.16. The van der Waals surface area contributed by atoms with E-state index in [0.29, 0.717) is 28.6 Å². The average Bonchev–Trinajstić information content (AvgIpc) is 2.51. The van der Waals surface area contributed by atoms with E-state index in [1.807, 2.05) is 6.92 Å². The fourth-order valence-electron chi connectivity index (χ4n) is 2.13. The maximum Gasteiger partial charge on any atom is 0.258 e. The quantitative estimate of drug-likeness (QED) is 0.760. The predicted octanol–water partition coefficient (Wildman–Crippen LogP) is 4.12. The Bertz CT molecular complexity index is 780. The molecule has 2 rings (SSSR count). The lowest BCUT2D eigenvalue weighted by Gasteiger charge is -2.13. The molecule has 2 aromatic carbocycles. The molecule has 0 saturated heterocycles. The van der Waals surface area contributed by atoms with Crippen LogP contribution in [0.5, 0.6) is 0 Å². The first kappa shape index (κ1) is 17.7. The van der Waals surface area contributed by atoms with Crippen LogP contribution in [-0.4, -0.2) is 18.4 Å². The van der Waals surface area contributed by atoms with E-state index in [1.54, 1.807) is 18.2 Å². The van der Waals surface area contributed by atoms with Crippen molar-refractivity contribution < 1.29 is 14.0 Å². The Balaban J connectivity index is 2.30. The Kier molecular flexibility index (Phi) is 5.76. The maximum absolute atomic E-state index is 14.0. The Hall–Kier alpha value is -2.60. The van der Waals surface area contributed by atoms with Gasteiger partial charge in [0.15, 0.2) is 0 Å². The number of carbonyl (C=O) groups is 2. The minimum Gasteiger partial charge on any atom is -0.384 e. The summed E-state index contributed by atoms with van der Waals surface area (Å²) in [5.41, 5.74) is 1.28. The molecule has 0 atom stereocenters. The zero-order valence-corrected chi connectivity index (χ0v) is 14.0. The minimum absolute atomic E-state index is 0.177. The molecule has 126 valence electrons. The van der Waals surface area contributed by atoms with Crippen molar-refractivity contribution in [2.45, 2.75) is 13.8 Å². The smallest absolute Gasteiger partial charge is 0.258 e. The Morgan fingerprint density at radius 3 is 2.50 bits per heavy atom. The number of anilines is 3. The van der Waals surface area contributed by atoms with Crippen molar-refractivity contribution in [2.75, 3.05) is 22.5 Å². The summed E-state index contributed by atoms with van der Waals surface area (Å²) in [7, 11) is 0. The Labute approximate surface area is 144 Å². The molecule has 0 aromatic heterocycles. The van der Waals surface area contributed by atoms with Gasteiger partial charge in [-0.1, -0.05) is 11.6 Å². The van der Waals surface area contributed by atoms with Crippen molar-refractivity contribution in [1.82, 2.24) is 0 Å². The molecule has 3 N–H and O–H groups in total. The number of rotatable bonds is 5. The van der Waals surface area contributed by atoms with Crippen LogP contribution in [0, 0.1) is 5.82 Å². The van der Waals surface area contributed by atoms with E-state index in [9.17, 15) is 14.0 Å². The number of benzene rings is 2. The third-order valence-corrected chi connectivity index (χ3v) is 3.36. The molecule has 0 aliphatic heterocycles. The van der Waals surface area contributed by atoms with Crippen LogP contribution in [0.3, 0.4) is 0 Å². The lowest BCUT2D eigenvalue weighted by molar-refractivity contribution is -0.114. The molecule has 5 nitrogen and oxygen atoms in total. The third kappa shape index (κ3) is 4.45. The predicted molar refractivity (Wildman–Crippen MR) is 94.3 cm³/mol. The van der Waals surface area contributed by atoms with Gasteiger partial charge in [0.05, 0.1) is 16.9 Å². The summed E-state index contributed by atoms with van der Waals surface area (Å²) < 4.78 is 14.0. The third-order valence-electron chi connectivity index (χ3n) is 3.13. The SMILES string of the molecule is CCNc1ccc(Cl)cc1NC(=O)c1cc(NC(C)=O)ccc1F. The first-order chi connectivity index (χ1) is 11.4. The second-order valence-electron chi connectivity index (χ2n) is 5.05. The van der Waals surface area contributed by atoms with Crippen LogP contribution in [-0.2, 0) is 4.79 Å². The first-order valence-corrected chi connectivity index (χ1v) is 7.70. The fraction of sp³-hybridized carbons (Fsp3) is 0.176. The van der Waals surface area contributed by atoms with E-state index in [2.05, 4.69) is 16.0 Å². The van der Waals surface area contributed by atoms with E-state index in [0.717, 1.165) is 6.07 Å². The van der Waals surface area contributed by atoms with E-state index in [1.165, 1.54) is 19.1 Å². The van der Waals surface area contributed by atoms with E-state index >= 15 is 0 Å². The van der Waals surface area contributed by atoms with Crippen molar-refractivity contribution in [2.24, 2.45) is 0 Å². The molecule has 0 fully saturated rings. The van der Waals surface area contributed by atoms with Crippen LogP contribution in [0.1, 0.15) is 24.2 Å². The van der Waals surface area contributed by atoms with Crippen LogP contribution < -0.4 is 16.0 Å². The summed E-state index contributed by atoms with van der Waals surface area (Å²) >= 11 is 5.96. The Morgan fingerprint density at radius 1 is 1.08 bits per heavy atom. The summed E-state index contributed by atoms with van der Waals surface area (Å²) in [4.78, 5) is 23.5. The van der Waals surface area contributed by atoms with Gasteiger partial charge in [0.1, 0.15) is 5.82 Å². The first-order valence-electron chi connectivity index (χ1n) is 7.32. The van der Waals surface area contributed by atoms with Gasteiger partial charge in [0, 0.05) is 24.2 Å². The Morgan fingerprint density at radius 2 is 1.83 bits per heavy atom. The summed E-state index contributed by atoms with van der Waals surface area (Å²) in [5.74, 6) is -1.63. The zero-order chi connectivity index (χ0) is 17.7. The lowest BCUT2D eigenvalue weighted by atomic mass is 10.1. The number of hydrogen-bond acceptors (Lipinski definition) is 3. The molecular weight excluding hydrogens is 333 g/mol. The van der Waals surface area contributed by atoms with Crippen LogP contribution >= 0.6 is 11.6 Å². The summed E-state index contributed by atoms with van der Waals surface area (Å²) in [6, 6.07) is 8.79. The van der Waals surface area contributed by atoms with Crippen molar-refractivity contribution in [1.29, 1.82) is 0 Å². The fourth-order valence-corrected chi connectivity index (χ4v) is 2.31. The van der Waals surface area contributed by atoms with Crippen molar-refractivity contribution in [3.63, 3.8) is 0 Å². The van der Waals surface area contributed by atoms with Crippen LogP contribution in [0.2, 0.25) is 5.02 Å². The second kappa shape index (κ2) is 7.79. The molecule has 0 aliphatic rings. The van der Waals surface area contributed by atoms with Gasteiger partial charge in [0.25, 0.3) is 5.91 Å². The highest BCUT2D eigenvalue weighted by Gasteiger charge is 2.15. The summed E-state index contributed by atoms with van der Waals surface area (Å²) in [5, 5.41) is 8.68. The number of amides is 2. The molecule has 0 bridgehead atoms. The van der Waals surface area contributed by atoms with Gasteiger partial charge in [0.2, 0.25) is 5.91 Å². The van der Waals surface area contributed by atoms with Gasteiger partial charge in [-0.05, 0) is 43.3 Å². The topological polar surface area (TPSA) is 70.2 Å². The van der Waals surface area contributed by atoms with Crippen molar-refractivity contribution in [3.8, 4) is 0 Å². The van der Waals surface area contributed by atoms with E-state index in [4.69, 9.17) is 11.6 Å². The van der Waals surface area contributed by atoms with Gasteiger partial charge < -0.3 is 16.0 Å². The average molecular weight is 350 g/mol. The maximum atomic E-state index is 14.0. The van der Waals surface area contributed by atoms with Crippen LogP contribution in [0.25, 0.3) is 0 Å². The highest BCUT2D eigenvalue weighted by Crippen LogP contribution is 2.27. The highest BCUT2D eigenvalue weighted by atomic mass is 35.5. The monoisotopic (exact) mass is 349 g/mol. The molecule has 7 heteroatoms. The van der Waals surface area contributed by atoms with Crippen LogP contribution in [0.4, 0.5) is 21.5 Å². The van der Waals surface area contributed by atoms with E-state index in [-0.39, 0.29) is 11.5 Å². The van der Waals surface area contributed by atoms with Crippen LogP contribution in [0.15, 0.2) is 36.4 Å². The minimum atomic E-state index is -0.686. The number of hydrogen-bond donors (Lipinski definition) is 3. The van der Waals surface area contributed by atoms with Gasteiger partial charge in [-0.2, -0.15) is 0 Å². The molecule has 0 saturated carbocycles. The number of carbonyl (C=O) groups excluding carboxylic acids is 2. The molecule has 0 spiro atoms. The van der Waals surface area contributed by atoms with E-state index < -0.39 is 11.7 Å². The zero-order valence-electron chi connectivity index (χ0n) is 13.2. The molecule has 0 unspecified atom stereocenters. The number of halogens is 2. The molecule has 24 heavy (non-hydrogen) atoms. The molecule has 2 aromatic rings. The second-order valence-corrected chi connectivity index (χ2v) is 5.49. The molecule has 2 amide bonds. The summed E-state index contributed by atoms with van der Waals surface area (Å²) in [6.45, 7) is 3.89. The molecular formula is C17H17ClFN3O2. The van der Waals surface area contributed by atoms with Gasteiger partial charge in [-0.25, -0.2) is 4.39 Å². The van der Waals surface area contributed by atoms with Crippen molar-refractivity contribution in [3.05, 3.63) is 52.8 Å². The standard InChI is InChI=1S/C17H17ClFN3O2/c1-3-20-15-7-4-11(18)8-16(15)22-17(24)13-9-12(21-10(2)23)5-6-14(13)19/h4-9,20H,3H2,1-2H3,(H,21,23)(H,22,24). The van der Waals surface area contributed by atoms with Gasteiger partial charge in [-0.15, -0.1) is 0 Å². The highest BCUT2D eigenvalue weighted by molar-refractivity contribution is 6.31. The van der Waals surface area contributed by atoms with Crippen molar-refractivity contribution >= 4 is 40.5 Å². The number of nitrogens with one attached hydrogen (secondary N) is 3.